The van der Waals surface area contributed by atoms with Gasteiger partial charge in [-0.1, -0.05) is 6.92 Å². The van der Waals surface area contributed by atoms with Crippen LogP contribution in [0.4, 0.5) is 4.39 Å². The molecule has 0 N–H and O–H groups in total. The normalized spacial score (nSPS) is 10.3. The van der Waals surface area contributed by atoms with E-state index in [0.717, 1.165) is 6.42 Å². The van der Waals surface area contributed by atoms with Gasteiger partial charge in [-0.25, -0.2) is 9.18 Å². The Kier molecular flexibility index (Phi) is 3.77. The lowest BCUT2D eigenvalue weighted by atomic mass is 10.2. The maximum Gasteiger partial charge on any atom is 0.374 e. The molecule has 2 aromatic rings. The van der Waals surface area contributed by atoms with Gasteiger partial charge in [0.05, 0.1) is 6.61 Å². The van der Waals surface area contributed by atoms with Crippen molar-refractivity contribution in [2.45, 2.75) is 13.3 Å². The predicted octanol–water partition coefficient (Wildman–Crippen LogP) is 3.65. The zero-order valence-electron chi connectivity index (χ0n) is 9.98. The Morgan fingerprint density at radius 3 is 2.61 bits per heavy atom. The standard InChI is InChI=1S/C14H13FO3/c1-2-9-17-14(16)13-8-7-12(18-13)10-3-5-11(15)6-4-10/h3-8H,2,9H2,1H3. The highest BCUT2D eigenvalue weighted by Gasteiger charge is 2.13. The van der Waals surface area contributed by atoms with E-state index in [1.807, 2.05) is 6.92 Å². The fraction of sp³-hybridized carbons (Fsp3) is 0.214. The third-order valence-electron chi connectivity index (χ3n) is 2.37. The molecule has 0 saturated carbocycles. The van der Waals surface area contributed by atoms with Crippen LogP contribution in [0.2, 0.25) is 0 Å². The minimum atomic E-state index is -0.481. The Hall–Kier alpha value is -2.10. The van der Waals surface area contributed by atoms with Gasteiger partial charge in [-0.05, 0) is 42.8 Å². The molecule has 3 nitrogen and oxygen atoms in total. The fourth-order valence-corrected chi connectivity index (χ4v) is 1.48. The number of ether oxygens (including phenoxy) is 1. The zero-order valence-corrected chi connectivity index (χ0v) is 9.98. The van der Waals surface area contributed by atoms with Crippen LogP contribution in [0.15, 0.2) is 40.8 Å². The number of rotatable bonds is 4. The van der Waals surface area contributed by atoms with E-state index in [1.54, 1.807) is 24.3 Å². The largest absolute Gasteiger partial charge is 0.460 e. The summed E-state index contributed by atoms with van der Waals surface area (Å²) in [6, 6.07) is 9.08. The Morgan fingerprint density at radius 2 is 1.94 bits per heavy atom. The van der Waals surface area contributed by atoms with E-state index in [2.05, 4.69) is 0 Å². The third-order valence-corrected chi connectivity index (χ3v) is 2.37. The van der Waals surface area contributed by atoms with Gasteiger partial charge in [-0.2, -0.15) is 0 Å². The van der Waals surface area contributed by atoms with Crippen molar-refractivity contribution in [2.24, 2.45) is 0 Å². The Morgan fingerprint density at radius 1 is 1.22 bits per heavy atom. The first-order valence-corrected chi connectivity index (χ1v) is 5.73. The highest BCUT2D eigenvalue weighted by molar-refractivity contribution is 5.87. The van der Waals surface area contributed by atoms with Gasteiger partial charge in [-0.3, -0.25) is 0 Å². The van der Waals surface area contributed by atoms with E-state index in [9.17, 15) is 9.18 Å². The van der Waals surface area contributed by atoms with Gasteiger partial charge in [0.1, 0.15) is 11.6 Å². The van der Waals surface area contributed by atoms with Gasteiger partial charge in [0, 0.05) is 5.56 Å². The van der Waals surface area contributed by atoms with Crippen LogP contribution < -0.4 is 0 Å². The van der Waals surface area contributed by atoms with Crippen LogP contribution in [-0.4, -0.2) is 12.6 Å². The van der Waals surface area contributed by atoms with Crippen LogP contribution in [0.3, 0.4) is 0 Å². The molecule has 0 radical (unpaired) electrons. The average Bonchev–Trinajstić information content (AvgIpc) is 2.86. The first-order valence-electron chi connectivity index (χ1n) is 5.73. The molecule has 0 aliphatic rings. The summed E-state index contributed by atoms with van der Waals surface area (Å²) in [5.41, 5.74) is 0.714. The van der Waals surface area contributed by atoms with Crippen molar-refractivity contribution in [3.8, 4) is 11.3 Å². The number of esters is 1. The number of halogens is 1. The molecule has 2 rings (SSSR count). The molecular weight excluding hydrogens is 235 g/mol. The van der Waals surface area contributed by atoms with E-state index in [4.69, 9.17) is 9.15 Å². The Labute approximate surface area is 104 Å². The summed E-state index contributed by atoms with van der Waals surface area (Å²) in [5, 5.41) is 0. The van der Waals surface area contributed by atoms with Crippen molar-refractivity contribution in [1.29, 1.82) is 0 Å². The zero-order chi connectivity index (χ0) is 13.0. The van der Waals surface area contributed by atoms with Crippen LogP contribution in [0.5, 0.6) is 0 Å². The smallest absolute Gasteiger partial charge is 0.374 e. The Bertz CT molecular complexity index is 528. The second kappa shape index (κ2) is 5.49. The van der Waals surface area contributed by atoms with Crippen molar-refractivity contribution >= 4 is 5.97 Å². The van der Waals surface area contributed by atoms with Gasteiger partial charge >= 0.3 is 5.97 Å². The Balaban J connectivity index is 2.15. The fourth-order valence-electron chi connectivity index (χ4n) is 1.48. The summed E-state index contributed by atoms with van der Waals surface area (Å²) in [6.07, 6.45) is 0.761. The third kappa shape index (κ3) is 2.77. The summed E-state index contributed by atoms with van der Waals surface area (Å²) >= 11 is 0. The second-order valence-electron chi connectivity index (χ2n) is 3.81. The van der Waals surface area contributed by atoms with Gasteiger partial charge in [0.25, 0.3) is 0 Å². The molecule has 18 heavy (non-hydrogen) atoms. The molecule has 0 unspecified atom stereocenters. The monoisotopic (exact) mass is 248 g/mol. The summed E-state index contributed by atoms with van der Waals surface area (Å²) < 4.78 is 23.1. The van der Waals surface area contributed by atoms with Crippen LogP contribution in [0.1, 0.15) is 23.9 Å². The molecule has 0 aliphatic carbocycles. The number of benzene rings is 1. The summed E-state index contributed by atoms with van der Waals surface area (Å²) in [5.74, 6) is -0.126. The second-order valence-corrected chi connectivity index (χ2v) is 3.81. The maximum absolute atomic E-state index is 12.8. The molecule has 0 bridgehead atoms. The van der Waals surface area contributed by atoms with Crippen molar-refractivity contribution in [1.82, 2.24) is 0 Å². The van der Waals surface area contributed by atoms with Gasteiger partial charge in [-0.15, -0.1) is 0 Å². The van der Waals surface area contributed by atoms with Gasteiger partial charge in [0.15, 0.2) is 0 Å². The maximum atomic E-state index is 12.8. The van der Waals surface area contributed by atoms with E-state index < -0.39 is 5.97 Å². The molecule has 94 valence electrons. The summed E-state index contributed by atoms with van der Waals surface area (Å²) in [4.78, 5) is 11.5. The molecule has 0 spiro atoms. The SMILES string of the molecule is CCCOC(=O)c1ccc(-c2ccc(F)cc2)o1. The quantitative estimate of drug-likeness (QED) is 0.775. The molecule has 0 aliphatic heterocycles. The highest BCUT2D eigenvalue weighted by Crippen LogP contribution is 2.22. The number of hydrogen-bond acceptors (Lipinski definition) is 3. The minimum absolute atomic E-state index is 0.155. The van der Waals surface area contributed by atoms with Crippen LogP contribution >= 0.6 is 0 Å². The molecule has 1 aromatic heterocycles. The topological polar surface area (TPSA) is 39.4 Å². The molecule has 1 aromatic carbocycles. The summed E-state index contributed by atoms with van der Waals surface area (Å²) in [7, 11) is 0. The first kappa shape index (κ1) is 12.4. The van der Waals surface area contributed by atoms with E-state index in [-0.39, 0.29) is 11.6 Å². The molecule has 0 amide bonds. The lowest BCUT2D eigenvalue weighted by Crippen LogP contribution is -2.04. The molecule has 0 atom stereocenters. The van der Waals surface area contributed by atoms with Crippen molar-refractivity contribution in [3.63, 3.8) is 0 Å². The van der Waals surface area contributed by atoms with Gasteiger partial charge in [0.2, 0.25) is 5.76 Å². The van der Waals surface area contributed by atoms with Crippen molar-refractivity contribution < 1.29 is 18.3 Å². The van der Waals surface area contributed by atoms with Crippen LogP contribution in [-0.2, 0) is 4.74 Å². The predicted molar refractivity (Wildman–Crippen MR) is 64.7 cm³/mol. The lowest BCUT2D eigenvalue weighted by Gasteiger charge is -1.99. The average molecular weight is 248 g/mol. The van der Waals surface area contributed by atoms with Crippen LogP contribution in [0, 0.1) is 5.82 Å². The van der Waals surface area contributed by atoms with Crippen molar-refractivity contribution in [3.05, 3.63) is 48.0 Å². The molecule has 4 heteroatoms. The molecule has 0 fully saturated rings. The van der Waals surface area contributed by atoms with E-state index in [0.29, 0.717) is 17.9 Å². The van der Waals surface area contributed by atoms with Crippen LogP contribution in [0.25, 0.3) is 11.3 Å². The lowest BCUT2D eigenvalue weighted by molar-refractivity contribution is 0.0470. The number of carbonyl (C=O) groups excluding carboxylic acids is 1. The van der Waals surface area contributed by atoms with E-state index in [1.165, 1.54) is 12.1 Å². The molecule has 0 saturated heterocycles. The highest BCUT2D eigenvalue weighted by atomic mass is 19.1. The van der Waals surface area contributed by atoms with E-state index >= 15 is 0 Å². The number of furan rings is 1. The number of carbonyl (C=O) groups is 1. The van der Waals surface area contributed by atoms with Gasteiger partial charge < -0.3 is 9.15 Å². The van der Waals surface area contributed by atoms with Crippen molar-refractivity contribution in [2.75, 3.05) is 6.61 Å². The minimum Gasteiger partial charge on any atom is -0.460 e. The first-order chi connectivity index (χ1) is 8.70. The molecule has 1 heterocycles. The molecular formula is C14H13FO3. The summed E-state index contributed by atoms with van der Waals surface area (Å²) in [6.45, 7) is 2.28. The number of hydrogen-bond donors (Lipinski definition) is 0.